The fraction of sp³-hybridized carbons (Fsp3) is 0. The zero-order chi connectivity index (χ0) is 6.69. The normalized spacial score (nSPS) is 6.25. The van der Waals surface area contributed by atoms with Gasteiger partial charge in [-0.3, -0.25) is 14.1 Å². The highest BCUT2D eigenvalue weighted by Crippen LogP contribution is 2.10. The van der Waals surface area contributed by atoms with E-state index in [9.17, 15) is 0 Å². The number of nitrogens with zero attached hydrogens (tertiary/aromatic N) is 1. The van der Waals surface area contributed by atoms with Crippen LogP contribution in [-0.2, 0) is 0 Å². The lowest BCUT2D eigenvalue weighted by molar-refractivity contribution is 1.11. The van der Waals surface area contributed by atoms with Crippen molar-refractivity contribution >= 4 is 12.6 Å². The summed E-state index contributed by atoms with van der Waals surface area (Å²) in [5, 5.41) is 8.40. The fourth-order valence-corrected chi connectivity index (χ4v) is 0.751. The van der Waals surface area contributed by atoms with Gasteiger partial charge in [0.2, 0.25) is 0 Å². The summed E-state index contributed by atoms with van der Waals surface area (Å²) >= 11 is 4.83. The number of hydrogen-bond acceptors (Lipinski definition) is 1. The molecule has 1 radical (unpaired) electrons. The van der Waals surface area contributed by atoms with E-state index in [1.165, 1.54) is 0 Å². The lowest BCUT2D eigenvalue weighted by Gasteiger charge is -1.88. The highest BCUT2D eigenvalue weighted by molar-refractivity contribution is 7.80. The Bertz CT molecular complexity index is 259. The van der Waals surface area contributed by atoms with Gasteiger partial charge in [0.25, 0.3) is 0 Å². The molecule has 0 aliphatic heterocycles. The first kappa shape index (κ1) is 17.0. The maximum atomic E-state index is 8.40. The molecule has 0 unspecified atom stereocenters. The molecular weight excluding hydrogens is 187 g/mol. The average Bonchev–Trinajstić information content (AvgIpc) is 1.89. The minimum Gasteiger partial charge on any atom is -0.269 e. The third kappa shape index (κ3) is 3.78. The van der Waals surface area contributed by atoms with Gasteiger partial charge in [-0.2, -0.15) is 5.26 Å². The molecule has 0 spiro atoms. The third-order valence-electron chi connectivity index (χ3n) is 1.01. The van der Waals surface area contributed by atoms with Crippen LogP contribution in [0.2, 0.25) is 0 Å². The smallest absolute Gasteiger partial charge is 0.101 e. The van der Waals surface area contributed by atoms with E-state index in [4.69, 9.17) is 17.9 Å². The minimum absolute atomic E-state index is 0. The summed E-state index contributed by atoms with van der Waals surface area (Å²) in [6.07, 6.45) is 0. The molecule has 1 rings (SSSR count). The van der Waals surface area contributed by atoms with E-state index in [0.29, 0.717) is 10.5 Å². The van der Waals surface area contributed by atoms with Crippen molar-refractivity contribution in [1.29, 1.82) is 5.26 Å². The van der Waals surface area contributed by atoms with Crippen molar-refractivity contribution in [2.45, 2.75) is 4.90 Å². The van der Waals surface area contributed by atoms with Crippen LogP contribution in [0, 0.1) is 11.3 Å². The van der Waals surface area contributed by atoms with Gasteiger partial charge in [-0.25, -0.2) is 0 Å². The molecule has 0 N–H and O–H groups in total. The highest BCUT2D eigenvalue weighted by Gasteiger charge is 1.92. The predicted molar refractivity (Wildman–Crippen MR) is 44.5 cm³/mol. The highest BCUT2D eigenvalue weighted by atomic mass is 32.1. The second-order valence-corrected chi connectivity index (χ2v) is 2.05. The van der Waals surface area contributed by atoms with Crippen LogP contribution in [0.25, 0.3) is 0 Å². The number of halogens is 3. The molecule has 0 aliphatic rings. The first-order valence-corrected chi connectivity index (χ1v) is 2.91. The summed E-state index contributed by atoms with van der Waals surface area (Å²) in [5.41, 5.74) is 0.576. The van der Waals surface area contributed by atoms with E-state index < -0.39 is 0 Å². The number of benzene rings is 1. The van der Waals surface area contributed by atoms with Gasteiger partial charge in [0.1, 0.15) is 6.07 Å². The Morgan fingerprint density at radius 3 is 1.92 bits per heavy atom. The SMILES string of the molecule is F.F.F.N#Cc1ccccc1[S]. The Morgan fingerprint density at radius 2 is 1.58 bits per heavy atom. The van der Waals surface area contributed by atoms with E-state index in [1.807, 2.05) is 12.1 Å². The maximum absolute atomic E-state index is 8.40. The molecule has 0 bridgehead atoms. The van der Waals surface area contributed by atoms with Gasteiger partial charge in [0.05, 0.1) is 10.5 Å². The van der Waals surface area contributed by atoms with Crippen LogP contribution in [0.5, 0.6) is 0 Å². The van der Waals surface area contributed by atoms with Crippen molar-refractivity contribution in [3.8, 4) is 6.07 Å². The monoisotopic (exact) mass is 194 g/mol. The molecule has 0 atom stereocenters. The van der Waals surface area contributed by atoms with Gasteiger partial charge in [0.15, 0.2) is 0 Å². The molecule has 1 aromatic rings. The van der Waals surface area contributed by atoms with Crippen LogP contribution in [0.15, 0.2) is 29.2 Å². The Kier molecular flexibility index (Phi) is 11.1. The lowest BCUT2D eigenvalue weighted by atomic mass is 10.2. The third-order valence-corrected chi connectivity index (χ3v) is 1.36. The van der Waals surface area contributed by atoms with E-state index in [-0.39, 0.29) is 14.1 Å². The van der Waals surface area contributed by atoms with E-state index in [1.54, 1.807) is 18.2 Å². The molecule has 1 nitrogen and oxygen atoms in total. The second kappa shape index (κ2) is 7.82. The van der Waals surface area contributed by atoms with Crippen molar-refractivity contribution in [2.24, 2.45) is 0 Å². The summed E-state index contributed by atoms with van der Waals surface area (Å²) < 4.78 is 0. The van der Waals surface area contributed by atoms with Crippen LogP contribution in [0.3, 0.4) is 0 Å². The number of nitriles is 1. The minimum atomic E-state index is 0. The van der Waals surface area contributed by atoms with Crippen molar-refractivity contribution in [1.82, 2.24) is 0 Å². The van der Waals surface area contributed by atoms with Gasteiger partial charge < -0.3 is 0 Å². The van der Waals surface area contributed by atoms with Crippen LogP contribution >= 0.6 is 12.6 Å². The first-order valence-electron chi connectivity index (χ1n) is 2.51. The largest absolute Gasteiger partial charge is 0.269 e. The first-order chi connectivity index (χ1) is 4.34. The van der Waals surface area contributed by atoms with E-state index in [0.717, 1.165) is 0 Å². The van der Waals surface area contributed by atoms with Crippen LogP contribution in [-0.4, -0.2) is 0 Å². The van der Waals surface area contributed by atoms with E-state index >= 15 is 0 Å². The zero-order valence-corrected chi connectivity index (χ0v) is 6.71. The standard InChI is InChI=1S/C7H4NS.3FH/c8-5-6-3-1-2-4-7(6)9;;;/h1-4H;3*1H. The molecule has 12 heavy (non-hydrogen) atoms. The number of hydrogen-bond donors (Lipinski definition) is 0. The average molecular weight is 194 g/mol. The molecule has 0 heterocycles. The molecule has 0 saturated heterocycles. The van der Waals surface area contributed by atoms with Crippen LogP contribution in [0.1, 0.15) is 5.56 Å². The molecule has 0 aliphatic carbocycles. The van der Waals surface area contributed by atoms with Gasteiger partial charge in [-0.15, -0.1) is 0 Å². The zero-order valence-electron chi connectivity index (χ0n) is 5.89. The molecule has 0 saturated carbocycles. The molecule has 0 amide bonds. The topological polar surface area (TPSA) is 23.8 Å². The fourth-order valence-electron chi connectivity index (χ4n) is 0.559. The predicted octanol–water partition coefficient (Wildman–Crippen LogP) is 2.57. The second-order valence-electron chi connectivity index (χ2n) is 1.61. The molecule has 1 aromatic carbocycles. The maximum Gasteiger partial charge on any atom is 0.101 e. The van der Waals surface area contributed by atoms with Gasteiger partial charge in [-0.05, 0) is 12.1 Å². The van der Waals surface area contributed by atoms with Crippen molar-refractivity contribution in [3.05, 3.63) is 29.8 Å². The van der Waals surface area contributed by atoms with Crippen LogP contribution < -0.4 is 0 Å². The number of rotatable bonds is 0. The Morgan fingerprint density at radius 1 is 1.08 bits per heavy atom. The molecule has 67 valence electrons. The summed E-state index contributed by atoms with van der Waals surface area (Å²) in [4.78, 5) is 0.625. The Balaban J connectivity index is -0.000000270. The Labute approximate surface area is 73.5 Å². The molecule has 0 aromatic heterocycles. The summed E-state index contributed by atoms with van der Waals surface area (Å²) in [6.45, 7) is 0. The van der Waals surface area contributed by atoms with Crippen molar-refractivity contribution in [2.75, 3.05) is 0 Å². The summed E-state index contributed by atoms with van der Waals surface area (Å²) in [5.74, 6) is 0. The molecule has 5 heteroatoms. The van der Waals surface area contributed by atoms with Crippen LogP contribution in [0.4, 0.5) is 14.1 Å². The molecule has 0 fully saturated rings. The summed E-state index contributed by atoms with van der Waals surface area (Å²) in [6, 6.07) is 9.07. The Hall–Kier alpha value is -1.28. The quantitative estimate of drug-likeness (QED) is 0.622. The summed E-state index contributed by atoms with van der Waals surface area (Å²) in [7, 11) is 0. The van der Waals surface area contributed by atoms with Gasteiger partial charge in [-0.1, -0.05) is 24.8 Å². The van der Waals surface area contributed by atoms with Crippen molar-refractivity contribution < 1.29 is 14.1 Å². The molecular formula is C7H7F3NS. The van der Waals surface area contributed by atoms with E-state index in [2.05, 4.69) is 0 Å². The van der Waals surface area contributed by atoms with Gasteiger partial charge >= 0.3 is 0 Å². The lowest BCUT2D eigenvalue weighted by Crippen LogP contribution is -1.73. The van der Waals surface area contributed by atoms with Crippen molar-refractivity contribution in [3.63, 3.8) is 0 Å². The van der Waals surface area contributed by atoms with Gasteiger partial charge in [0, 0.05) is 0 Å².